The Balaban J connectivity index is 2.61. The van der Waals surface area contributed by atoms with E-state index in [1.54, 1.807) is 6.92 Å². The van der Waals surface area contributed by atoms with Gasteiger partial charge >= 0.3 is 0 Å². The Kier molecular flexibility index (Phi) is 2.73. The number of aromatic nitrogens is 3. The van der Waals surface area contributed by atoms with E-state index in [0.29, 0.717) is 17.2 Å². The first-order valence-corrected chi connectivity index (χ1v) is 5.09. The molecule has 0 atom stereocenters. The molecular formula is C9H7Cl2FN4. The van der Waals surface area contributed by atoms with E-state index >= 15 is 0 Å². The summed E-state index contributed by atoms with van der Waals surface area (Å²) in [7, 11) is 0. The second kappa shape index (κ2) is 3.92. The summed E-state index contributed by atoms with van der Waals surface area (Å²) in [6.45, 7) is 1.74. The van der Waals surface area contributed by atoms with Crippen molar-refractivity contribution < 1.29 is 4.39 Å². The van der Waals surface area contributed by atoms with Crippen LogP contribution in [0.25, 0.3) is 5.69 Å². The van der Waals surface area contributed by atoms with Crippen molar-refractivity contribution in [1.29, 1.82) is 0 Å². The maximum absolute atomic E-state index is 13.2. The highest BCUT2D eigenvalue weighted by Crippen LogP contribution is 2.27. The van der Waals surface area contributed by atoms with Gasteiger partial charge in [0.05, 0.1) is 21.4 Å². The second-order valence-electron chi connectivity index (χ2n) is 3.20. The minimum atomic E-state index is -0.655. The molecular weight excluding hydrogens is 254 g/mol. The van der Waals surface area contributed by atoms with Gasteiger partial charge in [0, 0.05) is 0 Å². The van der Waals surface area contributed by atoms with Crippen LogP contribution in [0, 0.1) is 12.7 Å². The van der Waals surface area contributed by atoms with Crippen molar-refractivity contribution >= 4 is 29.0 Å². The Morgan fingerprint density at radius 3 is 2.31 bits per heavy atom. The molecule has 16 heavy (non-hydrogen) atoms. The van der Waals surface area contributed by atoms with Crippen LogP contribution in [0.4, 0.5) is 10.2 Å². The fourth-order valence-corrected chi connectivity index (χ4v) is 1.73. The first-order valence-electron chi connectivity index (χ1n) is 4.33. The summed E-state index contributed by atoms with van der Waals surface area (Å²) in [4.78, 5) is 0. The van der Waals surface area contributed by atoms with Gasteiger partial charge in [-0.25, -0.2) is 9.07 Å². The molecule has 0 aliphatic heterocycles. The SMILES string of the molecule is Cc1c(N)nnn1-c1cc(Cl)c(F)c(Cl)c1. The molecule has 0 amide bonds. The first kappa shape index (κ1) is 11.2. The van der Waals surface area contributed by atoms with Gasteiger partial charge in [0.25, 0.3) is 0 Å². The van der Waals surface area contributed by atoms with Gasteiger partial charge in [-0.05, 0) is 19.1 Å². The molecule has 0 unspecified atom stereocenters. The van der Waals surface area contributed by atoms with Gasteiger partial charge in [0.15, 0.2) is 11.6 Å². The number of rotatable bonds is 1. The van der Waals surface area contributed by atoms with E-state index in [1.807, 2.05) is 0 Å². The van der Waals surface area contributed by atoms with Gasteiger partial charge in [-0.15, -0.1) is 5.10 Å². The van der Waals surface area contributed by atoms with Gasteiger partial charge in [-0.3, -0.25) is 0 Å². The van der Waals surface area contributed by atoms with Crippen molar-refractivity contribution in [3.63, 3.8) is 0 Å². The lowest BCUT2D eigenvalue weighted by molar-refractivity contribution is 0.627. The lowest BCUT2D eigenvalue weighted by atomic mass is 10.3. The van der Waals surface area contributed by atoms with Crippen molar-refractivity contribution in [2.75, 3.05) is 5.73 Å². The average molecular weight is 261 g/mol. The second-order valence-corrected chi connectivity index (χ2v) is 4.01. The quantitative estimate of drug-likeness (QED) is 0.802. The summed E-state index contributed by atoms with van der Waals surface area (Å²) < 4.78 is 14.6. The summed E-state index contributed by atoms with van der Waals surface area (Å²) in [5.41, 5.74) is 6.70. The molecule has 7 heteroatoms. The lowest BCUT2D eigenvalue weighted by Gasteiger charge is -2.05. The summed E-state index contributed by atoms with van der Waals surface area (Å²) >= 11 is 11.4. The highest BCUT2D eigenvalue weighted by molar-refractivity contribution is 6.35. The smallest absolute Gasteiger partial charge is 0.169 e. The largest absolute Gasteiger partial charge is 0.381 e. The van der Waals surface area contributed by atoms with Gasteiger partial charge < -0.3 is 5.73 Å². The van der Waals surface area contributed by atoms with Crippen molar-refractivity contribution in [1.82, 2.24) is 15.0 Å². The molecule has 0 aliphatic rings. The maximum atomic E-state index is 13.2. The molecule has 0 saturated heterocycles. The third-order valence-electron chi connectivity index (χ3n) is 2.14. The summed E-state index contributed by atoms with van der Waals surface area (Å²) in [5.74, 6) is -0.352. The van der Waals surface area contributed by atoms with Crippen molar-refractivity contribution in [2.24, 2.45) is 0 Å². The zero-order valence-corrected chi connectivity index (χ0v) is 9.72. The van der Waals surface area contributed by atoms with Crippen LogP contribution in [0.3, 0.4) is 0 Å². The fraction of sp³-hybridized carbons (Fsp3) is 0.111. The van der Waals surface area contributed by atoms with Crippen LogP contribution in [0.1, 0.15) is 5.69 Å². The van der Waals surface area contributed by atoms with Gasteiger partial charge in [-0.2, -0.15) is 0 Å². The Bertz CT molecular complexity index is 529. The minimum absolute atomic E-state index is 0.0732. The minimum Gasteiger partial charge on any atom is -0.381 e. The number of nitrogen functional groups attached to an aromatic ring is 1. The van der Waals surface area contributed by atoms with Gasteiger partial charge in [0.1, 0.15) is 0 Å². The molecule has 4 nitrogen and oxygen atoms in total. The molecule has 1 heterocycles. The number of benzene rings is 1. The topological polar surface area (TPSA) is 56.7 Å². The number of nitrogens with two attached hydrogens (primary N) is 1. The molecule has 0 aliphatic carbocycles. The Morgan fingerprint density at radius 1 is 1.31 bits per heavy atom. The van der Waals surface area contributed by atoms with Crippen LogP contribution >= 0.6 is 23.2 Å². The zero-order valence-electron chi connectivity index (χ0n) is 8.21. The van der Waals surface area contributed by atoms with Crippen LogP contribution < -0.4 is 5.73 Å². The fourth-order valence-electron chi connectivity index (χ4n) is 1.25. The van der Waals surface area contributed by atoms with Crippen molar-refractivity contribution in [3.05, 3.63) is 33.7 Å². The Labute approximate surface area is 101 Å². The first-order chi connectivity index (χ1) is 7.50. The van der Waals surface area contributed by atoms with Crippen LogP contribution in [-0.4, -0.2) is 15.0 Å². The van der Waals surface area contributed by atoms with Crippen molar-refractivity contribution in [2.45, 2.75) is 6.92 Å². The van der Waals surface area contributed by atoms with Crippen LogP contribution in [0.15, 0.2) is 12.1 Å². The van der Waals surface area contributed by atoms with E-state index in [2.05, 4.69) is 10.3 Å². The maximum Gasteiger partial charge on any atom is 0.169 e. The highest BCUT2D eigenvalue weighted by Gasteiger charge is 2.12. The van der Waals surface area contributed by atoms with E-state index in [1.165, 1.54) is 16.8 Å². The molecule has 0 spiro atoms. The zero-order chi connectivity index (χ0) is 11.9. The standard InChI is InChI=1S/C9H7Cl2FN4/c1-4-9(13)14-15-16(4)5-2-6(10)8(12)7(11)3-5/h2-3H,13H2,1H3. The molecule has 2 rings (SSSR count). The number of anilines is 1. The Morgan fingerprint density at radius 2 is 1.88 bits per heavy atom. The molecule has 2 N–H and O–H groups in total. The van der Waals surface area contributed by atoms with Crippen LogP contribution in [0.2, 0.25) is 10.0 Å². The third-order valence-corrected chi connectivity index (χ3v) is 2.69. The van der Waals surface area contributed by atoms with E-state index in [-0.39, 0.29) is 10.0 Å². The Hall–Kier alpha value is -1.33. The van der Waals surface area contributed by atoms with Crippen LogP contribution in [0.5, 0.6) is 0 Å². The van der Waals surface area contributed by atoms with Crippen molar-refractivity contribution in [3.8, 4) is 5.69 Å². The number of hydrogen-bond acceptors (Lipinski definition) is 3. The van der Waals surface area contributed by atoms with E-state index < -0.39 is 5.82 Å². The monoisotopic (exact) mass is 260 g/mol. The normalized spacial score (nSPS) is 10.8. The molecule has 0 saturated carbocycles. The molecule has 0 fully saturated rings. The predicted octanol–water partition coefficient (Wildman–Crippen LogP) is 2.60. The molecule has 84 valence electrons. The lowest BCUT2D eigenvalue weighted by Crippen LogP contribution is -2.00. The molecule has 0 bridgehead atoms. The molecule has 1 aromatic carbocycles. The van der Waals surface area contributed by atoms with Gasteiger partial charge in [-0.1, -0.05) is 28.4 Å². The number of halogens is 3. The van der Waals surface area contributed by atoms with E-state index in [9.17, 15) is 4.39 Å². The van der Waals surface area contributed by atoms with E-state index in [4.69, 9.17) is 28.9 Å². The van der Waals surface area contributed by atoms with Crippen LogP contribution in [-0.2, 0) is 0 Å². The van der Waals surface area contributed by atoms with E-state index in [0.717, 1.165) is 0 Å². The van der Waals surface area contributed by atoms with Gasteiger partial charge in [0.2, 0.25) is 0 Å². The number of hydrogen-bond donors (Lipinski definition) is 1. The predicted molar refractivity (Wildman–Crippen MR) is 60.5 cm³/mol. The number of nitrogens with zero attached hydrogens (tertiary/aromatic N) is 3. The third kappa shape index (κ3) is 1.72. The molecule has 1 aromatic heterocycles. The average Bonchev–Trinajstić information content (AvgIpc) is 2.56. The highest BCUT2D eigenvalue weighted by atomic mass is 35.5. The molecule has 2 aromatic rings. The molecule has 0 radical (unpaired) electrons. The summed E-state index contributed by atoms with van der Waals surface area (Å²) in [5, 5.41) is 7.34. The summed E-state index contributed by atoms with van der Waals surface area (Å²) in [6, 6.07) is 2.81. The summed E-state index contributed by atoms with van der Waals surface area (Å²) in [6.07, 6.45) is 0.